The molecule has 2 aromatic heterocycles. The first kappa shape index (κ1) is 19.5. The molecular weight excluding hydrogens is 369 g/mol. The van der Waals surface area contributed by atoms with E-state index in [9.17, 15) is 9.18 Å². The molecule has 1 aliphatic rings. The lowest BCUT2D eigenvalue weighted by molar-refractivity contribution is 0.0698. The molecule has 3 heterocycles. The number of carbonyl (C=O) groups excluding carboxylic acids is 1. The number of carbonyl (C=O) groups is 1. The molecule has 1 aromatic carbocycles. The highest BCUT2D eigenvalue weighted by atomic mass is 19.1. The van der Waals surface area contributed by atoms with Crippen LogP contribution in [0.5, 0.6) is 0 Å². The standard InChI is InChI=1S/C22H26FN5O/c1-4-27-14-16(12-24-27)21-11-19(18-10-17(23)6-7-20(18)25-21)22(29)28-9-5-8-26(3)13-15(28)2/h6-7,10-12,14-15H,4-5,8-9,13H2,1-3H3/t15-/m1/s1. The summed E-state index contributed by atoms with van der Waals surface area (Å²) < 4.78 is 15.8. The van der Waals surface area contributed by atoms with E-state index >= 15 is 0 Å². The summed E-state index contributed by atoms with van der Waals surface area (Å²) in [5.41, 5.74) is 2.61. The summed E-state index contributed by atoms with van der Waals surface area (Å²) in [6.45, 7) is 7.30. The van der Waals surface area contributed by atoms with E-state index in [1.54, 1.807) is 18.3 Å². The van der Waals surface area contributed by atoms with Crippen molar-refractivity contribution in [2.45, 2.75) is 32.9 Å². The van der Waals surface area contributed by atoms with Crippen LogP contribution >= 0.6 is 0 Å². The molecule has 1 saturated heterocycles. The first-order valence-electron chi connectivity index (χ1n) is 10.1. The highest BCUT2D eigenvalue weighted by Crippen LogP contribution is 2.27. The lowest BCUT2D eigenvalue weighted by Crippen LogP contribution is -2.42. The van der Waals surface area contributed by atoms with E-state index in [4.69, 9.17) is 0 Å². The fourth-order valence-corrected chi connectivity index (χ4v) is 4.02. The van der Waals surface area contributed by atoms with Gasteiger partial charge < -0.3 is 9.80 Å². The zero-order valence-corrected chi connectivity index (χ0v) is 17.1. The Morgan fingerprint density at radius 1 is 1.28 bits per heavy atom. The maximum Gasteiger partial charge on any atom is 0.254 e. The third-order valence-electron chi connectivity index (χ3n) is 5.56. The zero-order chi connectivity index (χ0) is 20.5. The topological polar surface area (TPSA) is 54.3 Å². The molecule has 1 atom stereocenters. The second-order valence-corrected chi connectivity index (χ2v) is 7.76. The number of halogens is 1. The number of likely N-dealkylation sites (N-methyl/N-ethyl adjacent to an activating group) is 1. The minimum Gasteiger partial charge on any atom is -0.335 e. The van der Waals surface area contributed by atoms with Gasteiger partial charge in [0.15, 0.2) is 0 Å². The van der Waals surface area contributed by atoms with Gasteiger partial charge in [0.1, 0.15) is 5.82 Å². The molecule has 1 amide bonds. The third-order valence-corrected chi connectivity index (χ3v) is 5.56. The van der Waals surface area contributed by atoms with Crippen LogP contribution in [0, 0.1) is 5.82 Å². The van der Waals surface area contributed by atoms with E-state index in [0.717, 1.165) is 31.6 Å². The molecule has 3 aromatic rings. The Kier molecular flexibility index (Phi) is 5.32. The van der Waals surface area contributed by atoms with Crippen molar-refractivity contribution >= 4 is 16.8 Å². The molecule has 0 N–H and O–H groups in total. The Bertz CT molecular complexity index is 1050. The van der Waals surface area contributed by atoms with E-state index < -0.39 is 0 Å². The molecule has 0 radical (unpaired) electrons. The van der Waals surface area contributed by atoms with Crippen molar-refractivity contribution < 1.29 is 9.18 Å². The van der Waals surface area contributed by atoms with Gasteiger partial charge in [0.25, 0.3) is 5.91 Å². The predicted octanol–water partition coefficient (Wildman–Crippen LogP) is 3.42. The highest BCUT2D eigenvalue weighted by Gasteiger charge is 2.27. The lowest BCUT2D eigenvalue weighted by atomic mass is 10.0. The van der Waals surface area contributed by atoms with Crippen molar-refractivity contribution in [3.63, 3.8) is 0 Å². The molecular formula is C22H26FN5O. The summed E-state index contributed by atoms with van der Waals surface area (Å²) in [6, 6.07) is 6.28. The average molecular weight is 395 g/mol. The Morgan fingerprint density at radius 3 is 2.86 bits per heavy atom. The van der Waals surface area contributed by atoms with Gasteiger partial charge in [0.2, 0.25) is 0 Å². The molecule has 29 heavy (non-hydrogen) atoms. The molecule has 0 bridgehead atoms. The van der Waals surface area contributed by atoms with Crippen LogP contribution in [0.2, 0.25) is 0 Å². The van der Waals surface area contributed by atoms with Crippen molar-refractivity contribution in [2.75, 3.05) is 26.7 Å². The maximum absolute atomic E-state index is 14.0. The summed E-state index contributed by atoms with van der Waals surface area (Å²) >= 11 is 0. The van der Waals surface area contributed by atoms with Gasteiger partial charge in [-0.05, 0) is 58.1 Å². The van der Waals surface area contributed by atoms with E-state index in [2.05, 4.69) is 29.0 Å². The normalized spacial score (nSPS) is 18.2. The largest absolute Gasteiger partial charge is 0.335 e. The number of nitrogens with zero attached hydrogens (tertiary/aromatic N) is 5. The van der Waals surface area contributed by atoms with E-state index in [0.29, 0.717) is 28.7 Å². The summed E-state index contributed by atoms with van der Waals surface area (Å²) in [4.78, 5) is 22.4. The van der Waals surface area contributed by atoms with Crippen molar-refractivity contribution in [1.82, 2.24) is 24.6 Å². The van der Waals surface area contributed by atoms with Crippen LogP contribution in [0.1, 0.15) is 30.6 Å². The van der Waals surface area contributed by atoms with Crippen LogP contribution < -0.4 is 0 Å². The van der Waals surface area contributed by atoms with E-state index in [1.165, 1.54) is 12.1 Å². The number of hydrogen-bond donors (Lipinski definition) is 0. The molecule has 6 nitrogen and oxygen atoms in total. The maximum atomic E-state index is 14.0. The van der Waals surface area contributed by atoms with Crippen LogP contribution in [0.15, 0.2) is 36.7 Å². The number of amides is 1. The van der Waals surface area contributed by atoms with Gasteiger partial charge >= 0.3 is 0 Å². The Hall–Kier alpha value is -2.80. The van der Waals surface area contributed by atoms with Gasteiger partial charge in [0.05, 0.1) is 23.0 Å². The monoisotopic (exact) mass is 395 g/mol. The smallest absolute Gasteiger partial charge is 0.254 e. The molecule has 152 valence electrons. The summed E-state index contributed by atoms with van der Waals surface area (Å²) in [5.74, 6) is -0.446. The predicted molar refractivity (Wildman–Crippen MR) is 111 cm³/mol. The Labute approximate surface area is 169 Å². The van der Waals surface area contributed by atoms with Gasteiger partial charge in [-0.15, -0.1) is 0 Å². The van der Waals surface area contributed by atoms with E-state index in [-0.39, 0.29) is 17.8 Å². The van der Waals surface area contributed by atoms with Crippen molar-refractivity contribution in [2.24, 2.45) is 0 Å². The molecule has 4 rings (SSSR count). The summed E-state index contributed by atoms with van der Waals surface area (Å²) in [6.07, 6.45) is 4.58. The van der Waals surface area contributed by atoms with Crippen molar-refractivity contribution in [1.29, 1.82) is 0 Å². The highest BCUT2D eigenvalue weighted by molar-refractivity contribution is 6.07. The molecule has 1 aliphatic heterocycles. The third kappa shape index (κ3) is 3.87. The number of benzene rings is 1. The molecule has 0 aliphatic carbocycles. The number of pyridine rings is 1. The molecule has 0 spiro atoms. The van der Waals surface area contributed by atoms with Gasteiger partial charge in [-0.2, -0.15) is 5.10 Å². The molecule has 7 heteroatoms. The summed E-state index contributed by atoms with van der Waals surface area (Å²) in [7, 11) is 2.07. The Balaban J connectivity index is 1.82. The Morgan fingerprint density at radius 2 is 2.10 bits per heavy atom. The van der Waals surface area contributed by atoms with Gasteiger partial charge in [-0.25, -0.2) is 9.37 Å². The SMILES string of the molecule is CCn1cc(-c2cc(C(=O)N3CCCN(C)C[C@H]3C)c3cc(F)ccc3n2)cn1. The van der Waals surface area contributed by atoms with Gasteiger partial charge in [0, 0.05) is 42.8 Å². The second kappa shape index (κ2) is 7.91. The lowest BCUT2D eigenvalue weighted by Gasteiger charge is -2.28. The van der Waals surface area contributed by atoms with Crippen molar-refractivity contribution in [3.05, 3.63) is 48.0 Å². The van der Waals surface area contributed by atoms with Crippen LogP contribution in [0.3, 0.4) is 0 Å². The quantitative estimate of drug-likeness (QED) is 0.682. The van der Waals surface area contributed by atoms with Crippen LogP contribution in [0.25, 0.3) is 22.2 Å². The number of aryl methyl sites for hydroxylation is 1. The zero-order valence-electron chi connectivity index (χ0n) is 17.1. The number of aromatic nitrogens is 3. The molecule has 1 fully saturated rings. The van der Waals surface area contributed by atoms with Crippen LogP contribution in [0.4, 0.5) is 4.39 Å². The van der Waals surface area contributed by atoms with Crippen molar-refractivity contribution in [3.8, 4) is 11.3 Å². The fraction of sp³-hybridized carbons (Fsp3) is 0.409. The van der Waals surface area contributed by atoms with E-state index in [1.807, 2.05) is 22.7 Å². The van der Waals surface area contributed by atoms with Gasteiger partial charge in [-0.1, -0.05) is 0 Å². The first-order valence-corrected chi connectivity index (χ1v) is 10.1. The minimum atomic E-state index is -0.372. The second-order valence-electron chi connectivity index (χ2n) is 7.76. The number of hydrogen-bond acceptors (Lipinski definition) is 4. The van der Waals surface area contributed by atoms with Crippen LogP contribution in [-0.4, -0.2) is 63.2 Å². The average Bonchev–Trinajstić information content (AvgIpc) is 3.12. The first-order chi connectivity index (χ1) is 14.0. The number of rotatable bonds is 3. The molecule has 0 saturated carbocycles. The van der Waals surface area contributed by atoms with Gasteiger partial charge in [-0.3, -0.25) is 9.48 Å². The molecule has 0 unspecified atom stereocenters. The fourth-order valence-electron chi connectivity index (χ4n) is 4.02. The van der Waals surface area contributed by atoms with Crippen LogP contribution in [-0.2, 0) is 6.54 Å². The summed E-state index contributed by atoms with van der Waals surface area (Å²) in [5, 5.41) is 4.87. The number of fused-ring (bicyclic) bond motifs is 1. The minimum absolute atomic E-state index is 0.0741.